The third-order valence-electron chi connectivity index (χ3n) is 2.32. The van der Waals surface area contributed by atoms with Crippen molar-refractivity contribution < 1.29 is 5.11 Å². The normalized spacial score (nSPS) is 10.5. The van der Waals surface area contributed by atoms with Crippen LogP contribution in [0.15, 0.2) is 29.1 Å². The average molecular weight is 204 g/mol. The van der Waals surface area contributed by atoms with E-state index in [0.29, 0.717) is 10.9 Å². The molecule has 15 heavy (non-hydrogen) atoms. The summed E-state index contributed by atoms with van der Waals surface area (Å²) < 4.78 is 0. The van der Waals surface area contributed by atoms with Gasteiger partial charge in [0.25, 0.3) is 5.56 Å². The van der Waals surface area contributed by atoms with Crippen LogP contribution in [0.1, 0.15) is 0 Å². The van der Waals surface area contributed by atoms with Crippen LogP contribution in [0.4, 0.5) is 5.69 Å². The largest absolute Gasteiger partial charge is 0.507 e. The molecule has 2 aromatic rings. The average Bonchev–Trinajstić information content (AvgIpc) is 2.16. The molecular formula is C11H12N2O2. The van der Waals surface area contributed by atoms with Gasteiger partial charge in [0.2, 0.25) is 0 Å². The van der Waals surface area contributed by atoms with Gasteiger partial charge in [0.1, 0.15) is 5.75 Å². The molecule has 0 fully saturated rings. The number of H-pyrrole nitrogens is 1. The lowest BCUT2D eigenvalue weighted by Crippen LogP contribution is -2.09. The molecule has 1 aromatic carbocycles. The predicted molar refractivity (Wildman–Crippen MR) is 60.6 cm³/mol. The molecule has 1 aromatic heterocycles. The number of pyridine rings is 1. The van der Waals surface area contributed by atoms with Crippen LogP contribution in [-0.2, 0) is 0 Å². The molecule has 0 saturated heterocycles. The van der Waals surface area contributed by atoms with Gasteiger partial charge in [0, 0.05) is 31.2 Å². The van der Waals surface area contributed by atoms with Crippen LogP contribution in [0, 0.1) is 0 Å². The number of aromatic amines is 1. The highest BCUT2D eigenvalue weighted by Gasteiger charge is 2.03. The first kappa shape index (κ1) is 9.58. The van der Waals surface area contributed by atoms with E-state index in [1.165, 1.54) is 6.07 Å². The highest BCUT2D eigenvalue weighted by atomic mass is 16.3. The monoisotopic (exact) mass is 204 g/mol. The molecule has 0 saturated carbocycles. The van der Waals surface area contributed by atoms with Crippen LogP contribution in [-0.4, -0.2) is 24.2 Å². The van der Waals surface area contributed by atoms with Crippen molar-refractivity contribution in [2.75, 3.05) is 19.0 Å². The third kappa shape index (κ3) is 1.66. The maximum Gasteiger partial charge on any atom is 0.252 e. The van der Waals surface area contributed by atoms with Gasteiger partial charge in [0.05, 0.1) is 5.52 Å². The number of anilines is 1. The van der Waals surface area contributed by atoms with Crippen molar-refractivity contribution in [3.63, 3.8) is 0 Å². The lowest BCUT2D eigenvalue weighted by Gasteiger charge is -2.13. The fourth-order valence-corrected chi connectivity index (χ4v) is 1.50. The predicted octanol–water partition coefficient (Wildman–Crippen LogP) is 1.30. The third-order valence-corrected chi connectivity index (χ3v) is 2.32. The van der Waals surface area contributed by atoms with Gasteiger partial charge in [-0.05, 0) is 18.2 Å². The lowest BCUT2D eigenvalue weighted by atomic mass is 10.2. The Hall–Kier alpha value is -1.97. The van der Waals surface area contributed by atoms with Gasteiger partial charge in [-0.15, -0.1) is 0 Å². The van der Waals surface area contributed by atoms with Crippen LogP contribution in [0.25, 0.3) is 10.9 Å². The van der Waals surface area contributed by atoms with Crippen molar-refractivity contribution in [2.45, 2.75) is 0 Å². The second-order valence-electron chi connectivity index (χ2n) is 3.64. The summed E-state index contributed by atoms with van der Waals surface area (Å²) in [5.41, 5.74) is 1.33. The molecule has 0 radical (unpaired) electrons. The van der Waals surface area contributed by atoms with Crippen molar-refractivity contribution >= 4 is 16.6 Å². The van der Waals surface area contributed by atoms with E-state index in [-0.39, 0.29) is 11.3 Å². The second kappa shape index (κ2) is 3.31. The number of aromatic nitrogens is 1. The molecule has 78 valence electrons. The molecule has 0 aliphatic heterocycles. The van der Waals surface area contributed by atoms with E-state index in [1.807, 2.05) is 31.1 Å². The lowest BCUT2D eigenvalue weighted by molar-refractivity contribution is 0.480. The van der Waals surface area contributed by atoms with Crippen LogP contribution in [0.5, 0.6) is 5.75 Å². The van der Waals surface area contributed by atoms with Gasteiger partial charge in [-0.25, -0.2) is 0 Å². The Labute approximate surface area is 86.8 Å². The first-order valence-corrected chi connectivity index (χ1v) is 4.61. The number of nitrogens with zero attached hydrogens (tertiary/aromatic N) is 1. The molecule has 4 heteroatoms. The summed E-state index contributed by atoms with van der Waals surface area (Å²) in [6.45, 7) is 0. The molecule has 0 aliphatic carbocycles. The quantitative estimate of drug-likeness (QED) is 0.736. The molecule has 0 aliphatic rings. The Kier molecular flexibility index (Phi) is 2.11. The summed E-state index contributed by atoms with van der Waals surface area (Å²) in [5.74, 6) is 0.0115. The van der Waals surface area contributed by atoms with Gasteiger partial charge in [-0.2, -0.15) is 0 Å². The first-order chi connectivity index (χ1) is 7.08. The molecule has 0 unspecified atom stereocenters. The number of hydrogen-bond donors (Lipinski definition) is 2. The van der Waals surface area contributed by atoms with Crippen molar-refractivity contribution in [2.24, 2.45) is 0 Å². The van der Waals surface area contributed by atoms with Crippen molar-refractivity contribution in [3.05, 3.63) is 34.6 Å². The molecule has 0 atom stereocenters. The standard InChI is InChI=1S/C11H12N2O2/c1-13(2)7-3-4-9-8(5-7)10(14)6-11(15)12-9/h3-6H,1-2H3,(H2,12,14,15). The Bertz CT molecular complexity index is 558. The number of hydrogen-bond acceptors (Lipinski definition) is 3. The number of benzene rings is 1. The van der Waals surface area contributed by atoms with E-state index in [9.17, 15) is 9.90 Å². The zero-order valence-electron chi connectivity index (χ0n) is 8.61. The summed E-state index contributed by atoms with van der Waals surface area (Å²) in [7, 11) is 3.84. The van der Waals surface area contributed by atoms with Gasteiger partial charge < -0.3 is 15.0 Å². The van der Waals surface area contributed by atoms with E-state index in [1.54, 1.807) is 6.07 Å². The van der Waals surface area contributed by atoms with Crippen LogP contribution in [0.3, 0.4) is 0 Å². The Morgan fingerprint density at radius 3 is 2.67 bits per heavy atom. The maximum atomic E-state index is 11.1. The van der Waals surface area contributed by atoms with Crippen LogP contribution >= 0.6 is 0 Å². The molecule has 0 bridgehead atoms. The van der Waals surface area contributed by atoms with E-state index in [2.05, 4.69) is 4.98 Å². The molecule has 2 N–H and O–H groups in total. The minimum atomic E-state index is -0.294. The number of nitrogens with one attached hydrogen (secondary N) is 1. The zero-order chi connectivity index (χ0) is 11.0. The first-order valence-electron chi connectivity index (χ1n) is 4.61. The zero-order valence-corrected chi connectivity index (χ0v) is 8.61. The summed E-state index contributed by atoms with van der Waals surface area (Å²) >= 11 is 0. The number of fused-ring (bicyclic) bond motifs is 1. The molecule has 0 amide bonds. The molecule has 2 rings (SSSR count). The Morgan fingerprint density at radius 2 is 2.00 bits per heavy atom. The maximum absolute atomic E-state index is 11.1. The van der Waals surface area contributed by atoms with Crippen LogP contribution < -0.4 is 10.5 Å². The van der Waals surface area contributed by atoms with Gasteiger partial charge in [0.15, 0.2) is 0 Å². The van der Waals surface area contributed by atoms with E-state index >= 15 is 0 Å². The molecule has 4 nitrogen and oxygen atoms in total. The fourth-order valence-electron chi connectivity index (χ4n) is 1.50. The Balaban J connectivity index is 2.77. The van der Waals surface area contributed by atoms with Gasteiger partial charge >= 0.3 is 0 Å². The second-order valence-corrected chi connectivity index (χ2v) is 3.64. The van der Waals surface area contributed by atoms with Gasteiger partial charge in [-0.3, -0.25) is 4.79 Å². The summed E-state index contributed by atoms with van der Waals surface area (Å²) in [4.78, 5) is 15.7. The summed E-state index contributed by atoms with van der Waals surface area (Å²) in [6, 6.07) is 6.69. The number of rotatable bonds is 1. The minimum Gasteiger partial charge on any atom is -0.507 e. The smallest absolute Gasteiger partial charge is 0.252 e. The van der Waals surface area contributed by atoms with E-state index in [0.717, 1.165) is 5.69 Å². The minimum absolute atomic E-state index is 0.0115. The number of aromatic hydroxyl groups is 1. The SMILES string of the molecule is CN(C)c1ccc2[nH]c(=O)cc(O)c2c1. The molecule has 0 spiro atoms. The van der Waals surface area contributed by atoms with Crippen molar-refractivity contribution in [1.29, 1.82) is 0 Å². The Morgan fingerprint density at radius 1 is 1.27 bits per heavy atom. The summed E-state index contributed by atoms with van der Waals surface area (Å²) in [6.07, 6.45) is 0. The van der Waals surface area contributed by atoms with E-state index < -0.39 is 0 Å². The van der Waals surface area contributed by atoms with Crippen molar-refractivity contribution in [1.82, 2.24) is 4.98 Å². The highest BCUT2D eigenvalue weighted by Crippen LogP contribution is 2.25. The summed E-state index contributed by atoms with van der Waals surface area (Å²) in [5, 5.41) is 10.3. The highest BCUT2D eigenvalue weighted by molar-refractivity contribution is 5.87. The van der Waals surface area contributed by atoms with Crippen molar-refractivity contribution in [3.8, 4) is 5.75 Å². The topological polar surface area (TPSA) is 56.3 Å². The van der Waals surface area contributed by atoms with Gasteiger partial charge in [-0.1, -0.05) is 0 Å². The molecular weight excluding hydrogens is 192 g/mol. The van der Waals surface area contributed by atoms with Crippen LogP contribution in [0.2, 0.25) is 0 Å². The fraction of sp³-hybridized carbons (Fsp3) is 0.182. The molecule has 1 heterocycles. The van der Waals surface area contributed by atoms with E-state index in [4.69, 9.17) is 0 Å².